The summed E-state index contributed by atoms with van der Waals surface area (Å²) in [6.45, 7) is 8.88. The van der Waals surface area contributed by atoms with Crippen molar-refractivity contribution in [3.8, 4) is 0 Å². The summed E-state index contributed by atoms with van der Waals surface area (Å²) >= 11 is 0. The van der Waals surface area contributed by atoms with Crippen LogP contribution in [0, 0.1) is 0 Å². The first kappa shape index (κ1) is 15.0. The number of amides is 1. The molecule has 0 radical (unpaired) electrons. The number of hydrogen-bond acceptors (Lipinski definition) is 1. The minimum absolute atomic E-state index is 0.198. The Bertz CT molecular complexity index is 102. The third kappa shape index (κ3) is 14.3. The predicted octanol–water partition coefficient (Wildman–Crippen LogP) is 3.12. The Labute approximate surface area is 83.1 Å². The molecule has 13 heavy (non-hydrogen) atoms. The fourth-order valence-electron chi connectivity index (χ4n) is 0.998. The topological polar surface area (TPSA) is 29.1 Å². The summed E-state index contributed by atoms with van der Waals surface area (Å²) in [6.07, 6.45) is 5.41. The lowest BCUT2D eigenvalue weighted by Crippen LogP contribution is -2.21. The molecule has 0 atom stereocenters. The van der Waals surface area contributed by atoms with E-state index in [4.69, 9.17) is 0 Å². The van der Waals surface area contributed by atoms with Gasteiger partial charge >= 0.3 is 0 Å². The van der Waals surface area contributed by atoms with Gasteiger partial charge in [-0.25, -0.2) is 0 Å². The van der Waals surface area contributed by atoms with E-state index in [0.29, 0.717) is 6.42 Å². The Morgan fingerprint density at radius 1 is 1.08 bits per heavy atom. The van der Waals surface area contributed by atoms with Crippen molar-refractivity contribution >= 4 is 5.91 Å². The van der Waals surface area contributed by atoms with Crippen molar-refractivity contribution in [2.45, 2.75) is 59.8 Å². The highest BCUT2D eigenvalue weighted by molar-refractivity contribution is 5.75. The van der Waals surface area contributed by atoms with Gasteiger partial charge in [0.2, 0.25) is 5.91 Å². The van der Waals surface area contributed by atoms with Crippen molar-refractivity contribution in [1.29, 1.82) is 0 Å². The van der Waals surface area contributed by atoms with Gasteiger partial charge in [0, 0.05) is 13.0 Å². The molecule has 80 valence electrons. The first-order chi connectivity index (χ1) is 6.31. The quantitative estimate of drug-likeness (QED) is 0.636. The van der Waals surface area contributed by atoms with E-state index in [2.05, 4.69) is 12.2 Å². The molecule has 2 heteroatoms. The van der Waals surface area contributed by atoms with Crippen molar-refractivity contribution in [1.82, 2.24) is 5.32 Å². The normalized spacial score (nSPS) is 8.62. The molecule has 0 heterocycles. The summed E-state index contributed by atoms with van der Waals surface area (Å²) in [7, 11) is 0. The molecule has 0 aliphatic carbocycles. The maximum Gasteiger partial charge on any atom is 0.219 e. The molecule has 0 aliphatic heterocycles. The second-order valence-electron chi connectivity index (χ2n) is 2.76. The fraction of sp³-hybridized carbons (Fsp3) is 0.909. The van der Waals surface area contributed by atoms with E-state index in [1.807, 2.05) is 20.8 Å². The summed E-state index contributed by atoms with van der Waals surface area (Å²) in [5.74, 6) is 0.198. The van der Waals surface area contributed by atoms with E-state index in [1.165, 1.54) is 19.3 Å². The van der Waals surface area contributed by atoms with Gasteiger partial charge in [-0.05, 0) is 13.3 Å². The molecule has 1 N–H and O–H groups in total. The molecule has 0 saturated heterocycles. The fourth-order valence-corrected chi connectivity index (χ4v) is 0.998. The molecule has 0 rings (SSSR count). The zero-order chi connectivity index (χ0) is 10.5. The van der Waals surface area contributed by atoms with Crippen LogP contribution in [-0.2, 0) is 4.79 Å². The van der Waals surface area contributed by atoms with Gasteiger partial charge in [-0.15, -0.1) is 0 Å². The molecule has 2 nitrogen and oxygen atoms in total. The van der Waals surface area contributed by atoms with Gasteiger partial charge in [0.1, 0.15) is 0 Å². The van der Waals surface area contributed by atoms with Gasteiger partial charge in [0.25, 0.3) is 0 Å². The summed E-state index contributed by atoms with van der Waals surface area (Å²) in [6, 6.07) is 0. The average molecular weight is 187 g/mol. The Balaban J connectivity index is 0. The van der Waals surface area contributed by atoms with E-state index < -0.39 is 0 Å². The van der Waals surface area contributed by atoms with Crippen molar-refractivity contribution in [3.05, 3.63) is 0 Å². The van der Waals surface area contributed by atoms with Gasteiger partial charge in [0.15, 0.2) is 0 Å². The van der Waals surface area contributed by atoms with Gasteiger partial charge < -0.3 is 5.32 Å². The molecule has 0 saturated carbocycles. The smallest absolute Gasteiger partial charge is 0.219 e. The molecule has 0 aromatic carbocycles. The molecular formula is C11H25NO. The summed E-state index contributed by atoms with van der Waals surface area (Å²) < 4.78 is 0. The van der Waals surface area contributed by atoms with E-state index in [-0.39, 0.29) is 5.91 Å². The molecular weight excluding hydrogens is 162 g/mol. The van der Waals surface area contributed by atoms with Crippen LogP contribution in [0.4, 0.5) is 0 Å². The molecule has 1 amide bonds. The van der Waals surface area contributed by atoms with Crippen molar-refractivity contribution in [2.24, 2.45) is 0 Å². The Hall–Kier alpha value is -0.530. The summed E-state index contributed by atoms with van der Waals surface area (Å²) in [5, 5.41) is 2.78. The number of nitrogens with one attached hydrogen (secondary N) is 1. The second kappa shape index (κ2) is 14.0. The van der Waals surface area contributed by atoms with Crippen molar-refractivity contribution < 1.29 is 4.79 Å². The zero-order valence-corrected chi connectivity index (χ0v) is 9.65. The highest BCUT2D eigenvalue weighted by Gasteiger charge is 1.96. The number of rotatable bonds is 6. The van der Waals surface area contributed by atoms with Crippen LogP contribution >= 0.6 is 0 Å². The monoisotopic (exact) mass is 187 g/mol. The maximum absolute atomic E-state index is 10.9. The molecule has 0 aromatic heterocycles. The van der Waals surface area contributed by atoms with Gasteiger partial charge in [-0.3, -0.25) is 4.79 Å². The molecule has 0 fully saturated rings. The number of unbranched alkanes of at least 4 members (excludes halogenated alkanes) is 3. The van der Waals surface area contributed by atoms with Crippen LogP contribution in [-0.4, -0.2) is 12.5 Å². The van der Waals surface area contributed by atoms with Crippen LogP contribution in [0.2, 0.25) is 0 Å². The van der Waals surface area contributed by atoms with Crippen LogP contribution in [0.15, 0.2) is 0 Å². The van der Waals surface area contributed by atoms with Crippen LogP contribution in [0.5, 0.6) is 0 Å². The average Bonchev–Trinajstić information content (AvgIpc) is 2.16. The largest absolute Gasteiger partial charge is 0.356 e. The predicted molar refractivity (Wildman–Crippen MR) is 58.8 cm³/mol. The van der Waals surface area contributed by atoms with E-state index >= 15 is 0 Å². The molecule has 0 aromatic rings. The lowest BCUT2D eigenvalue weighted by molar-refractivity contribution is -0.121. The van der Waals surface area contributed by atoms with Crippen LogP contribution in [0.3, 0.4) is 0 Å². The summed E-state index contributed by atoms with van der Waals surface area (Å²) in [4.78, 5) is 10.9. The lowest BCUT2D eigenvalue weighted by Gasteiger charge is -2.00. The second-order valence-corrected chi connectivity index (χ2v) is 2.76. The first-order valence-electron chi connectivity index (χ1n) is 5.58. The SMILES string of the molecule is CC.CCCCCCC(=O)NCC. The maximum atomic E-state index is 10.9. The Morgan fingerprint density at radius 2 is 1.69 bits per heavy atom. The highest BCUT2D eigenvalue weighted by Crippen LogP contribution is 2.01. The number of hydrogen-bond donors (Lipinski definition) is 1. The standard InChI is InChI=1S/C9H19NO.C2H6/c1-3-5-6-7-8-9(11)10-4-2;1-2/h3-8H2,1-2H3,(H,10,11);1-2H3. The third-order valence-corrected chi connectivity index (χ3v) is 1.63. The minimum Gasteiger partial charge on any atom is -0.356 e. The van der Waals surface area contributed by atoms with Crippen LogP contribution in [0.1, 0.15) is 59.8 Å². The lowest BCUT2D eigenvalue weighted by atomic mass is 10.1. The number of carbonyl (C=O) groups excluding carboxylic acids is 1. The van der Waals surface area contributed by atoms with E-state index in [9.17, 15) is 4.79 Å². The first-order valence-corrected chi connectivity index (χ1v) is 5.58. The zero-order valence-electron chi connectivity index (χ0n) is 9.65. The van der Waals surface area contributed by atoms with Crippen LogP contribution < -0.4 is 5.32 Å². The minimum atomic E-state index is 0.198. The molecule has 0 aliphatic rings. The van der Waals surface area contributed by atoms with E-state index in [0.717, 1.165) is 13.0 Å². The van der Waals surface area contributed by atoms with Crippen molar-refractivity contribution in [3.63, 3.8) is 0 Å². The Kier molecular flexibility index (Phi) is 16.1. The van der Waals surface area contributed by atoms with Crippen molar-refractivity contribution in [2.75, 3.05) is 6.54 Å². The Morgan fingerprint density at radius 3 is 2.15 bits per heavy atom. The highest BCUT2D eigenvalue weighted by atomic mass is 16.1. The van der Waals surface area contributed by atoms with Gasteiger partial charge in [-0.2, -0.15) is 0 Å². The van der Waals surface area contributed by atoms with Gasteiger partial charge in [-0.1, -0.05) is 40.0 Å². The molecule has 0 spiro atoms. The number of carbonyl (C=O) groups is 1. The summed E-state index contributed by atoms with van der Waals surface area (Å²) in [5.41, 5.74) is 0. The molecule has 0 bridgehead atoms. The van der Waals surface area contributed by atoms with Gasteiger partial charge in [0.05, 0.1) is 0 Å². The van der Waals surface area contributed by atoms with Crippen LogP contribution in [0.25, 0.3) is 0 Å². The van der Waals surface area contributed by atoms with E-state index in [1.54, 1.807) is 0 Å². The molecule has 0 unspecified atom stereocenters. The third-order valence-electron chi connectivity index (χ3n) is 1.63.